The fraction of sp³-hybridized carbons (Fsp3) is 0.647. The van der Waals surface area contributed by atoms with E-state index in [0.29, 0.717) is 19.3 Å². The molecule has 0 heterocycles. The van der Waals surface area contributed by atoms with Crippen LogP contribution in [0.1, 0.15) is 32.1 Å². The minimum Gasteiger partial charge on any atom is -0.411 e. The standard InChI is InChI=1S/C17H28O4Si/c1-20-13-15(18)10-8-6-5-7-9-14-11-16(12-17(14)19)21-22(2,3)4/h5,7,11,16H,6,8-10,12-13H2,1-4H3. The van der Waals surface area contributed by atoms with E-state index in [1.165, 1.54) is 7.11 Å². The average molecular weight is 324 g/mol. The number of allylic oxidation sites excluding steroid dienone is 3. The third-order valence-electron chi connectivity index (χ3n) is 3.27. The summed E-state index contributed by atoms with van der Waals surface area (Å²) in [6.07, 6.45) is 9.38. The van der Waals surface area contributed by atoms with Crippen LogP contribution in [0.15, 0.2) is 23.8 Å². The maximum absolute atomic E-state index is 11.9. The van der Waals surface area contributed by atoms with E-state index in [9.17, 15) is 9.59 Å². The van der Waals surface area contributed by atoms with Crippen molar-refractivity contribution in [2.75, 3.05) is 13.7 Å². The predicted molar refractivity (Wildman–Crippen MR) is 90.4 cm³/mol. The summed E-state index contributed by atoms with van der Waals surface area (Å²) >= 11 is 0. The summed E-state index contributed by atoms with van der Waals surface area (Å²) in [5.74, 6) is 0.332. The molecule has 22 heavy (non-hydrogen) atoms. The molecule has 1 aliphatic rings. The highest BCUT2D eigenvalue weighted by atomic mass is 28.4. The molecule has 0 aromatic heterocycles. The molecule has 0 bridgehead atoms. The monoisotopic (exact) mass is 324 g/mol. The van der Waals surface area contributed by atoms with E-state index >= 15 is 0 Å². The first-order valence-corrected chi connectivity index (χ1v) is 11.3. The van der Waals surface area contributed by atoms with Gasteiger partial charge >= 0.3 is 0 Å². The molecule has 0 aliphatic heterocycles. The lowest BCUT2D eigenvalue weighted by atomic mass is 10.1. The van der Waals surface area contributed by atoms with Crippen LogP contribution in [0.5, 0.6) is 0 Å². The highest BCUT2D eigenvalue weighted by Gasteiger charge is 2.27. The summed E-state index contributed by atoms with van der Waals surface area (Å²) in [6.45, 7) is 6.60. The predicted octanol–water partition coefficient (Wildman–Crippen LogP) is 3.44. The zero-order valence-electron chi connectivity index (χ0n) is 14.2. The number of carbonyl (C=O) groups is 2. The number of carbonyl (C=O) groups excluding carboxylic acids is 2. The van der Waals surface area contributed by atoms with E-state index in [4.69, 9.17) is 9.16 Å². The molecule has 1 rings (SSSR count). The van der Waals surface area contributed by atoms with Gasteiger partial charge in [0.25, 0.3) is 0 Å². The fourth-order valence-electron chi connectivity index (χ4n) is 2.38. The molecule has 4 nitrogen and oxygen atoms in total. The van der Waals surface area contributed by atoms with E-state index in [-0.39, 0.29) is 24.3 Å². The molecular weight excluding hydrogens is 296 g/mol. The van der Waals surface area contributed by atoms with Crippen molar-refractivity contribution in [2.24, 2.45) is 0 Å². The average Bonchev–Trinajstić information content (AvgIpc) is 2.71. The maximum Gasteiger partial charge on any atom is 0.184 e. The van der Waals surface area contributed by atoms with Crippen LogP contribution in [-0.2, 0) is 18.8 Å². The summed E-state index contributed by atoms with van der Waals surface area (Å²) in [5, 5.41) is 0. The van der Waals surface area contributed by atoms with Gasteiger partial charge in [0.1, 0.15) is 6.61 Å². The lowest BCUT2D eigenvalue weighted by Gasteiger charge is -2.21. The van der Waals surface area contributed by atoms with Gasteiger partial charge in [0.15, 0.2) is 19.9 Å². The van der Waals surface area contributed by atoms with Gasteiger partial charge in [-0.05, 0) is 50.6 Å². The first kappa shape index (κ1) is 19.0. The molecule has 0 aromatic carbocycles. The molecule has 0 fully saturated rings. The van der Waals surface area contributed by atoms with Crippen molar-refractivity contribution in [3.8, 4) is 0 Å². The van der Waals surface area contributed by atoms with Crippen LogP contribution in [0.4, 0.5) is 0 Å². The van der Waals surface area contributed by atoms with Crippen molar-refractivity contribution < 1.29 is 18.8 Å². The van der Waals surface area contributed by atoms with Gasteiger partial charge in [-0.1, -0.05) is 12.2 Å². The zero-order valence-corrected chi connectivity index (χ0v) is 15.2. The molecule has 0 radical (unpaired) electrons. The Hall–Kier alpha value is -1.04. The van der Waals surface area contributed by atoms with Crippen LogP contribution < -0.4 is 0 Å². The number of hydrogen-bond donors (Lipinski definition) is 0. The number of hydrogen-bond acceptors (Lipinski definition) is 4. The number of methoxy groups -OCH3 is 1. The molecule has 0 N–H and O–H groups in total. The first-order chi connectivity index (χ1) is 10.3. The molecular formula is C17H28O4Si. The molecule has 5 heteroatoms. The van der Waals surface area contributed by atoms with Crippen molar-refractivity contribution in [3.63, 3.8) is 0 Å². The summed E-state index contributed by atoms with van der Waals surface area (Å²) in [5.41, 5.74) is 0.856. The Morgan fingerprint density at radius 2 is 2.09 bits per heavy atom. The van der Waals surface area contributed by atoms with Gasteiger partial charge in [0, 0.05) is 20.0 Å². The fourth-order valence-corrected chi connectivity index (χ4v) is 3.44. The van der Waals surface area contributed by atoms with Gasteiger partial charge in [-0.2, -0.15) is 0 Å². The Morgan fingerprint density at radius 3 is 2.73 bits per heavy atom. The van der Waals surface area contributed by atoms with E-state index < -0.39 is 8.32 Å². The molecule has 1 atom stereocenters. The second kappa shape index (κ2) is 9.18. The van der Waals surface area contributed by atoms with Crippen molar-refractivity contribution in [1.82, 2.24) is 0 Å². The van der Waals surface area contributed by atoms with Gasteiger partial charge in [-0.25, -0.2) is 0 Å². The molecule has 1 unspecified atom stereocenters. The maximum atomic E-state index is 11.9. The molecule has 0 saturated carbocycles. The number of ketones is 2. The van der Waals surface area contributed by atoms with Gasteiger partial charge < -0.3 is 9.16 Å². The molecule has 0 spiro atoms. The Kier molecular flexibility index (Phi) is 7.93. The summed E-state index contributed by atoms with van der Waals surface area (Å²) in [6, 6.07) is 0. The molecule has 0 amide bonds. The number of ether oxygens (including phenoxy) is 1. The van der Waals surface area contributed by atoms with Crippen molar-refractivity contribution in [3.05, 3.63) is 23.8 Å². The minimum atomic E-state index is -1.60. The summed E-state index contributed by atoms with van der Waals surface area (Å²) in [7, 11) is -0.0740. The third kappa shape index (κ3) is 7.82. The van der Waals surface area contributed by atoms with Crippen LogP contribution in [0.3, 0.4) is 0 Å². The topological polar surface area (TPSA) is 52.6 Å². The van der Waals surface area contributed by atoms with Gasteiger partial charge in [-0.3, -0.25) is 9.59 Å². The second-order valence-corrected chi connectivity index (χ2v) is 11.1. The Balaban J connectivity index is 2.28. The number of rotatable bonds is 10. The van der Waals surface area contributed by atoms with Gasteiger partial charge in [-0.15, -0.1) is 0 Å². The van der Waals surface area contributed by atoms with Gasteiger partial charge in [0.2, 0.25) is 0 Å². The van der Waals surface area contributed by atoms with E-state index in [1.807, 2.05) is 18.2 Å². The zero-order chi connectivity index (χ0) is 16.6. The van der Waals surface area contributed by atoms with Crippen LogP contribution in [-0.4, -0.2) is 39.7 Å². The molecule has 124 valence electrons. The normalized spacial score (nSPS) is 19.0. The van der Waals surface area contributed by atoms with Crippen molar-refractivity contribution in [1.29, 1.82) is 0 Å². The van der Waals surface area contributed by atoms with Crippen molar-refractivity contribution in [2.45, 2.75) is 57.8 Å². The Morgan fingerprint density at radius 1 is 1.36 bits per heavy atom. The van der Waals surface area contributed by atoms with E-state index in [2.05, 4.69) is 19.6 Å². The van der Waals surface area contributed by atoms with E-state index in [1.54, 1.807) is 0 Å². The third-order valence-corrected chi connectivity index (χ3v) is 4.28. The van der Waals surface area contributed by atoms with E-state index in [0.717, 1.165) is 18.4 Å². The van der Waals surface area contributed by atoms with Crippen LogP contribution in [0.2, 0.25) is 19.6 Å². The molecule has 0 saturated heterocycles. The summed E-state index contributed by atoms with van der Waals surface area (Å²) in [4.78, 5) is 23.2. The van der Waals surface area contributed by atoms with Gasteiger partial charge in [0.05, 0.1) is 6.10 Å². The lowest BCUT2D eigenvalue weighted by molar-refractivity contribution is -0.122. The first-order valence-electron chi connectivity index (χ1n) is 7.89. The van der Waals surface area contributed by atoms with Crippen LogP contribution in [0, 0.1) is 0 Å². The van der Waals surface area contributed by atoms with Crippen LogP contribution >= 0.6 is 0 Å². The smallest absolute Gasteiger partial charge is 0.184 e. The summed E-state index contributed by atoms with van der Waals surface area (Å²) < 4.78 is 10.7. The van der Waals surface area contributed by atoms with Crippen molar-refractivity contribution >= 4 is 19.9 Å². The lowest BCUT2D eigenvalue weighted by Crippen LogP contribution is -2.30. The minimum absolute atomic E-state index is 0.0331. The number of Topliss-reactive ketones (excluding diaryl/α,β-unsaturated/α-hetero) is 2. The Labute approximate surface area is 134 Å². The van der Waals surface area contributed by atoms with Crippen LogP contribution in [0.25, 0.3) is 0 Å². The molecule has 0 aromatic rings. The SMILES string of the molecule is COCC(=O)CCCC=CCC1=CC(O[Si](C)(C)C)CC1=O. The highest BCUT2D eigenvalue weighted by Crippen LogP contribution is 2.23. The second-order valence-electron chi connectivity index (χ2n) is 6.63. The largest absolute Gasteiger partial charge is 0.411 e. The Bertz CT molecular complexity index is 446. The quantitative estimate of drug-likeness (QED) is 0.351. The molecule has 1 aliphatic carbocycles. The number of unbranched alkanes of at least 4 members (excludes halogenated alkanes) is 1. The highest BCUT2D eigenvalue weighted by molar-refractivity contribution is 6.69.